The van der Waals surface area contributed by atoms with E-state index in [-0.39, 0.29) is 42.0 Å². The summed E-state index contributed by atoms with van der Waals surface area (Å²) in [6.07, 6.45) is 1.18. The third-order valence-corrected chi connectivity index (χ3v) is 5.86. The summed E-state index contributed by atoms with van der Waals surface area (Å²) in [6, 6.07) is 6.72. The summed E-state index contributed by atoms with van der Waals surface area (Å²) >= 11 is 0. The molecule has 0 bridgehead atoms. The number of aliphatic hydroxyl groups is 1. The number of phenolic OH excluding ortho intramolecular Hbond substituents is 1. The first-order valence-electron chi connectivity index (χ1n) is 9.46. The Balaban J connectivity index is 1.76. The van der Waals surface area contributed by atoms with Gasteiger partial charge in [0.1, 0.15) is 12.3 Å². The molecule has 152 valence electrons. The Morgan fingerprint density at radius 1 is 1.37 bits per heavy atom. The van der Waals surface area contributed by atoms with Crippen LogP contribution in [-0.4, -0.2) is 32.1 Å². The van der Waals surface area contributed by atoms with Crippen molar-refractivity contribution in [2.24, 2.45) is 10.7 Å². The molecule has 4 heterocycles. The van der Waals surface area contributed by atoms with E-state index in [1.165, 1.54) is 0 Å². The first-order chi connectivity index (χ1) is 14.4. The van der Waals surface area contributed by atoms with E-state index >= 15 is 0 Å². The monoisotopic (exact) mass is 406 g/mol. The lowest BCUT2D eigenvalue weighted by molar-refractivity contribution is -0.172. The number of fused-ring (bicyclic) bond motifs is 5. The number of esters is 1. The van der Waals surface area contributed by atoms with Crippen molar-refractivity contribution in [2.45, 2.75) is 32.1 Å². The van der Waals surface area contributed by atoms with E-state index in [2.05, 4.69) is 9.98 Å². The zero-order valence-corrected chi connectivity index (χ0v) is 16.0. The summed E-state index contributed by atoms with van der Waals surface area (Å²) in [7, 11) is 0. The van der Waals surface area contributed by atoms with Crippen LogP contribution >= 0.6 is 0 Å². The number of carbonyl (C=O) groups excluding carboxylic acids is 1. The fourth-order valence-electron chi connectivity index (χ4n) is 4.21. The number of pyridine rings is 2. The molecule has 0 spiro atoms. The zero-order valence-electron chi connectivity index (χ0n) is 16.0. The molecule has 0 unspecified atom stereocenters. The number of carbonyl (C=O) groups is 1. The van der Waals surface area contributed by atoms with Gasteiger partial charge in [-0.05, 0) is 30.7 Å². The topological polar surface area (TPSA) is 140 Å². The standard InChI is InChI=1S/C21H18N4O5/c1-2-21(29)13-6-16-17-10(7-25(16)19(27)12(13)8-30-20(21)28)5-11-14(24-17)3-4-15(18(11)26)23-9-22/h3-6,9,26,29H,2,7-8H2,1H3,(H2,22,23)/t21-/m0/s1. The number of hydrogen-bond donors (Lipinski definition) is 3. The van der Waals surface area contributed by atoms with Gasteiger partial charge < -0.3 is 25.3 Å². The second-order valence-electron chi connectivity index (χ2n) is 7.38. The summed E-state index contributed by atoms with van der Waals surface area (Å²) in [5, 5.41) is 21.9. The highest BCUT2D eigenvalue weighted by Crippen LogP contribution is 2.41. The van der Waals surface area contributed by atoms with Crippen LogP contribution in [0.5, 0.6) is 5.75 Å². The predicted octanol–water partition coefficient (Wildman–Crippen LogP) is 1.40. The lowest BCUT2D eigenvalue weighted by atomic mass is 9.86. The summed E-state index contributed by atoms with van der Waals surface area (Å²) in [5.74, 6) is -0.809. The SMILES string of the molecule is CC[C@@]1(O)C(=O)OCc2c1cc1n(c2=O)Cc2cc3c(O)c(N=CN)ccc3nc2-1. The van der Waals surface area contributed by atoms with Gasteiger partial charge in [0, 0.05) is 16.5 Å². The fraction of sp³-hybridized carbons (Fsp3) is 0.238. The van der Waals surface area contributed by atoms with Gasteiger partial charge in [-0.3, -0.25) is 4.79 Å². The number of hydrogen-bond acceptors (Lipinski definition) is 7. The van der Waals surface area contributed by atoms with E-state index in [1.54, 1.807) is 35.8 Å². The number of rotatable bonds is 2. The fourth-order valence-corrected chi connectivity index (χ4v) is 4.21. The Morgan fingerprint density at radius 2 is 2.17 bits per heavy atom. The molecule has 0 aliphatic carbocycles. The third kappa shape index (κ3) is 2.26. The van der Waals surface area contributed by atoms with Crippen molar-refractivity contribution in [3.05, 3.63) is 51.3 Å². The minimum absolute atomic E-state index is 0.0496. The number of benzene rings is 1. The third-order valence-electron chi connectivity index (χ3n) is 5.86. The second kappa shape index (κ2) is 6.14. The van der Waals surface area contributed by atoms with Crippen LogP contribution in [0.3, 0.4) is 0 Å². The summed E-state index contributed by atoms with van der Waals surface area (Å²) in [4.78, 5) is 33.9. The van der Waals surface area contributed by atoms with Crippen LogP contribution in [0, 0.1) is 0 Å². The van der Waals surface area contributed by atoms with Gasteiger partial charge in [-0.15, -0.1) is 0 Å². The van der Waals surface area contributed by atoms with Crippen LogP contribution in [0.15, 0.2) is 34.1 Å². The molecular formula is C21H18N4O5. The maximum absolute atomic E-state index is 13.1. The van der Waals surface area contributed by atoms with Crippen LogP contribution in [0.1, 0.15) is 30.0 Å². The van der Waals surface area contributed by atoms with E-state index in [4.69, 9.17) is 10.5 Å². The minimum Gasteiger partial charge on any atom is -0.505 e. The van der Waals surface area contributed by atoms with Gasteiger partial charge in [0.15, 0.2) is 11.4 Å². The quantitative estimate of drug-likeness (QED) is 0.260. The molecule has 9 nitrogen and oxygen atoms in total. The number of aromatic hydroxyl groups is 1. The molecule has 3 aromatic rings. The highest BCUT2D eigenvalue weighted by molar-refractivity contribution is 5.93. The van der Waals surface area contributed by atoms with Crippen molar-refractivity contribution < 1.29 is 19.7 Å². The lowest BCUT2D eigenvalue weighted by Gasteiger charge is -2.31. The summed E-state index contributed by atoms with van der Waals surface area (Å²) < 4.78 is 6.61. The molecule has 30 heavy (non-hydrogen) atoms. The van der Waals surface area contributed by atoms with Crippen molar-refractivity contribution in [1.82, 2.24) is 9.55 Å². The maximum Gasteiger partial charge on any atom is 0.343 e. The Kier molecular flexibility index (Phi) is 3.75. The van der Waals surface area contributed by atoms with Crippen LogP contribution in [0.25, 0.3) is 22.3 Å². The molecule has 4 N–H and O–H groups in total. The molecule has 2 aliphatic heterocycles. The predicted molar refractivity (Wildman–Crippen MR) is 109 cm³/mol. The number of cyclic esters (lactones) is 1. The van der Waals surface area contributed by atoms with Crippen molar-refractivity contribution in [2.75, 3.05) is 0 Å². The first-order valence-corrected chi connectivity index (χ1v) is 9.46. The van der Waals surface area contributed by atoms with Gasteiger partial charge in [-0.1, -0.05) is 6.92 Å². The smallest absolute Gasteiger partial charge is 0.343 e. The molecule has 1 atom stereocenters. The molecule has 0 saturated heterocycles. The van der Waals surface area contributed by atoms with Gasteiger partial charge >= 0.3 is 5.97 Å². The van der Waals surface area contributed by atoms with Gasteiger partial charge in [0.05, 0.1) is 35.4 Å². The van der Waals surface area contributed by atoms with E-state index < -0.39 is 11.6 Å². The lowest BCUT2D eigenvalue weighted by Crippen LogP contribution is -2.44. The molecule has 2 aromatic heterocycles. The molecule has 0 amide bonds. The molecule has 0 radical (unpaired) electrons. The van der Waals surface area contributed by atoms with Crippen LogP contribution in [0.2, 0.25) is 0 Å². The highest BCUT2D eigenvalue weighted by Gasteiger charge is 2.45. The van der Waals surface area contributed by atoms with E-state index in [9.17, 15) is 19.8 Å². The van der Waals surface area contributed by atoms with Gasteiger partial charge in [0.2, 0.25) is 0 Å². The van der Waals surface area contributed by atoms with Crippen LogP contribution < -0.4 is 11.3 Å². The number of nitrogens with zero attached hydrogens (tertiary/aromatic N) is 3. The largest absolute Gasteiger partial charge is 0.505 e. The van der Waals surface area contributed by atoms with E-state index in [1.807, 2.05) is 0 Å². The van der Waals surface area contributed by atoms with E-state index in [0.717, 1.165) is 11.9 Å². The average molecular weight is 406 g/mol. The minimum atomic E-state index is -1.87. The van der Waals surface area contributed by atoms with Gasteiger partial charge in [0.25, 0.3) is 5.56 Å². The van der Waals surface area contributed by atoms with Crippen molar-refractivity contribution in [1.29, 1.82) is 0 Å². The van der Waals surface area contributed by atoms with Crippen molar-refractivity contribution >= 4 is 28.9 Å². The van der Waals surface area contributed by atoms with Crippen LogP contribution in [0.4, 0.5) is 5.69 Å². The molecule has 0 saturated carbocycles. The maximum atomic E-state index is 13.1. The summed E-state index contributed by atoms with van der Waals surface area (Å²) in [6.45, 7) is 1.73. The Hall–Kier alpha value is -3.72. The zero-order chi connectivity index (χ0) is 21.2. The first kappa shape index (κ1) is 18.3. The molecule has 5 rings (SSSR count). The number of ether oxygens (including phenoxy) is 1. The molecule has 9 heteroatoms. The summed E-state index contributed by atoms with van der Waals surface area (Å²) in [5.41, 5.74) is 6.32. The average Bonchev–Trinajstić information content (AvgIpc) is 3.10. The number of phenols is 1. The van der Waals surface area contributed by atoms with Gasteiger partial charge in [-0.25, -0.2) is 14.8 Å². The molecule has 2 aliphatic rings. The molecule has 1 aromatic carbocycles. The van der Waals surface area contributed by atoms with Gasteiger partial charge in [-0.2, -0.15) is 0 Å². The second-order valence-corrected chi connectivity index (χ2v) is 7.38. The molecular weight excluding hydrogens is 388 g/mol. The Morgan fingerprint density at radius 3 is 2.90 bits per heavy atom. The normalized spacial score (nSPS) is 19.6. The number of nitrogens with two attached hydrogens (primary N) is 1. The van der Waals surface area contributed by atoms with E-state index in [0.29, 0.717) is 28.0 Å². The van der Waals surface area contributed by atoms with Crippen molar-refractivity contribution in [3.63, 3.8) is 0 Å². The van der Waals surface area contributed by atoms with Crippen molar-refractivity contribution in [3.8, 4) is 17.1 Å². The Bertz CT molecular complexity index is 1340. The number of aromatic nitrogens is 2. The molecule has 0 fully saturated rings. The Labute approximate surface area is 170 Å². The number of aliphatic imine (C=N–C) groups is 1. The van der Waals surface area contributed by atoms with Crippen LogP contribution in [-0.2, 0) is 28.3 Å². The highest BCUT2D eigenvalue weighted by atomic mass is 16.6.